The lowest BCUT2D eigenvalue weighted by atomic mass is 9.66. The van der Waals surface area contributed by atoms with Crippen molar-refractivity contribution in [1.82, 2.24) is 26.2 Å². The maximum absolute atomic E-state index is 13.8. The molecule has 24 heteroatoms. The number of thiol groups is 1. The molecule has 1 aliphatic carbocycles. The van der Waals surface area contributed by atoms with Gasteiger partial charge in [0.25, 0.3) is 23.6 Å². The van der Waals surface area contributed by atoms with Crippen molar-refractivity contribution < 1.29 is 58.2 Å². The summed E-state index contributed by atoms with van der Waals surface area (Å²) in [5.41, 5.74) is 16.1. The van der Waals surface area contributed by atoms with E-state index >= 15 is 0 Å². The van der Waals surface area contributed by atoms with E-state index in [0.29, 0.717) is 23.7 Å². The van der Waals surface area contributed by atoms with Crippen molar-refractivity contribution in [3.8, 4) is 0 Å². The van der Waals surface area contributed by atoms with Gasteiger partial charge in [-0.05, 0) is 12.0 Å². The SMILES string of the molecule is CC(=O)NC(CS)C(=O)NC(CC(N)=O)C(=O)N(C(=O)C(CC(=O)O)NC(=O)C=NC(=O)C(N)CC1=CC(C)(C)C(N)(C(=O)C2NCCS2)C=C1)C(C=S)C(=O)O. The maximum atomic E-state index is 13.8. The Morgan fingerprint density at radius 1 is 1.05 bits per heavy atom. The molecule has 0 saturated carbocycles. The third kappa shape index (κ3) is 13.1. The zero-order chi connectivity index (χ0) is 43.4. The van der Waals surface area contributed by atoms with Crippen LogP contribution in [0, 0.1) is 5.41 Å². The van der Waals surface area contributed by atoms with Gasteiger partial charge in [0, 0.05) is 35.8 Å². The molecule has 0 bridgehead atoms. The number of nitrogens with one attached hydrogen (secondary N) is 4. The Bertz CT molecular complexity index is 1770. The Morgan fingerprint density at radius 2 is 1.67 bits per heavy atom. The zero-order valence-electron chi connectivity index (χ0n) is 31.0. The fraction of sp³-hybridized carbons (Fsp3) is 0.515. The van der Waals surface area contributed by atoms with Crippen molar-refractivity contribution in [1.29, 1.82) is 0 Å². The second kappa shape index (κ2) is 21.0. The van der Waals surface area contributed by atoms with Crippen LogP contribution >= 0.6 is 36.6 Å². The summed E-state index contributed by atoms with van der Waals surface area (Å²) >= 11 is 10.1. The molecule has 1 saturated heterocycles. The summed E-state index contributed by atoms with van der Waals surface area (Å²) in [5.74, 6) is -12.1. The lowest BCUT2D eigenvalue weighted by Gasteiger charge is -2.42. The molecule has 0 aromatic rings. The summed E-state index contributed by atoms with van der Waals surface area (Å²) in [5, 5.41) is 28.6. The highest BCUT2D eigenvalue weighted by atomic mass is 32.2. The van der Waals surface area contributed by atoms with Crippen LogP contribution in [0.3, 0.4) is 0 Å². The van der Waals surface area contributed by atoms with E-state index in [1.807, 2.05) is 5.32 Å². The number of thiocarbonyl (C=S) groups is 1. The van der Waals surface area contributed by atoms with Gasteiger partial charge in [0.1, 0.15) is 29.0 Å². The third-order valence-electron chi connectivity index (χ3n) is 8.64. The number of rotatable bonds is 20. The number of thioether (sulfide) groups is 1. The minimum atomic E-state index is -2.32. The van der Waals surface area contributed by atoms with Gasteiger partial charge in [-0.2, -0.15) is 12.6 Å². The van der Waals surface area contributed by atoms with E-state index in [2.05, 4.69) is 33.6 Å². The van der Waals surface area contributed by atoms with Gasteiger partial charge in [-0.25, -0.2) is 9.79 Å². The van der Waals surface area contributed by atoms with E-state index in [-0.39, 0.29) is 22.9 Å². The molecule has 312 valence electrons. The fourth-order valence-corrected chi connectivity index (χ4v) is 7.17. The number of hydrogen-bond donors (Lipinski definition) is 10. The second-order valence-corrected chi connectivity index (χ2v) is 15.3. The fourth-order valence-electron chi connectivity index (χ4n) is 5.63. The summed E-state index contributed by atoms with van der Waals surface area (Å²) in [6.45, 7) is 5.22. The average Bonchev–Trinajstić information content (AvgIpc) is 3.66. The Labute approximate surface area is 341 Å². The Hall–Kier alpha value is -4.88. The lowest BCUT2D eigenvalue weighted by molar-refractivity contribution is -0.158. The number of carbonyl (C=O) groups excluding carboxylic acids is 8. The monoisotopic (exact) mass is 855 g/mol. The third-order valence-corrected chi connectivity index (χ3v) is 10.4. The summed E-state index contributed by atoms with van der Waals surface area (Å²) in [6, 6.07) is -9.33. The number of primary amides is 1. The molecule has 1 fully saturated rings. The van der Waals surface area contributed by atoms with Crippen LogP contribution in [0.15, 0.2) is 28.8 Å². The van der Waals surface area contributed by atoms with Crippen LogP contribution in [0.1, 0.15) is 40.0 Å². The van der Waals surface area contributed by atoms with Crippen LogP contribution in [0.5, 0.6) is 0 Å². The summed E-state index contributed by atoms with van der Waals surface area (Å²) in [7, 11) is 0. The van der Waals surface area contributed by atoms with Crippen LogP contribution in [-0.4, -0.2) is 145 Å². The summed E-state index contributed by atoms with van der Waals surface area (Å²) < 4.78 is 0. The first-order valence-electron chi connectivity index (χ1n) is 17.0. The molecule has 1 heterocycles. The highest BCUT2D eigenvalue weighted by Crippen LogP contribution is 2.40. The number of carboxylic acids is 2. The van der Waals surface area contributed by atoms with Gasteiger partial charge in [0.2, 0.25) is 17.7 Å². The van der Waals surface area contributed by atoms with Crippen LogP contribution in [0.25, 0.3) is 0 Å². The number of nitrogens with zero attached hydrogens (tertiary/aromatic N) is 2. The van der Waals surface area contributed by atoms with Crippen LogP contribution < -0.4 is 38.5 Å². The topological polar surface area (TPSA) is 353 Å². The minimum Gasteiger partial charge on any atom is -0.481 e. The molecule has 2 rings (SSSR count). The number of hydrogen-bond acceptors (Lipinski definition) is 16. The molecule has 7 unspecified atom stereocenters. The molecular weight excluding hydrogens is 811 g/mol. The Morgan fingerprint density at radius 3 is 2.14 bits per heavy atom. The molecule has 0 spiro atoms. The number of amides is 7. The molecular formula is C33H45N9O12S3. The molecule has 12 N–H and O–H groups in total. The predicted molar refractivity (Wildman–Crippen MR) is 212 cm³/mol. The Balaban J connectivity index is 2.31. The number of carboxylic acid groups (broad SMARTS) is 2. The molecule has 21 nitrogen and oxygen atoms in total. The van der Waals surface area contributed by atoms with Crippen molar-refractivity contribution in [2.75, 3.05) is 18.1 Å². The number of aliphatic imine (C=N–C) groups is 1. The van der Waals surface area contributed by atoms with E-state index in [4.69, 9.17) is 29.4 Å². The smallest absolute Gasteiger partial charge is 0.331 e. The first kappa shape index (κ1) is 48.3. The van der Waals surface area contributed by atoms with Crippen LogP contribution in [-0.2, 0) is 47.9 Å². The number of nitrogens with two attached hydrogens (primary N) is 3. The molecule has 7 atom stereocenters. The maximum Gasteiger partial charge on any atom is 0.331 e. The molecule has 2 aliphatic rings. The van der Waals surface area contributed by atoms with Crippen molar-refractivity contribution >= 4 is 107 Å². The van der Waals surface area contributed by atoms with Crippen molar-refractivity contribution in [3.05, 3.63) is 23.8 Å². The average molecular weight is 856 g/mol. The van der Waals surface area contributed by atoms with Crippen LogP contribution in [0.2, 0.25) is 0 Å². The highest BCUT2D eigenvalue weighted by Gasteiger charge is 2.49. The number of ketones is 1. The molecule has 0 aromatic carbocycles. The summed E-state index contributed by atoms with van der Waals surface area (Å²) in [4.78, 5) is 130. The molecule has 0 aromatic heterocycles. The normalized spacial score (nSPS) is 21.1. The van der Waals surface area contributed by atoms with Gasteiger partial charge in [-0.3, -0.25) is 53.4 Å². The van der Waals surface area contributed by atoms with E-state index in [9.17, 15) is 58.2 Å². The number of Topliss-reactive ketones (excluding diaryl/α,β-unsaturated/α-hetero) is 1. The second-order valence-electron chi connectivity index (χ2n) is 13.4. The largest absolute Gasteiger partial charge is 0.481 e. The van der Waals surface area contributed by atoms with Crippen molar-refractivity contribution in [3.63, 3.8) is 0 Å². The molecule has 1 aliphatic heterocycles. The van der Waals surface area contributed by atoms with Gasteiger partial charge in [0.15, 0.2) is 11.8 Å². The first-order valence-corrected chi connectivity index (χ1v) is 19.1. The molecule has 57 heavy (non-hydrogen) atoms. The number of aliphatic carboxylic acids is 2. The number of allylic oxidation sites excluding steroid dienone is 1. The van der Waals surface area contributed by atoms with Gasteiger partial charge in [-0.15, -0.1) is 11.8 Å². The van der Waals surface area contributed by atoms with Crippen LogP contribution in [0.4, 0.5) is 0 Å². The van der Waals surface area contributed by atoms with E-state index in [1.54, 1.807) is 32.1 Å². The van der Waals surface area contributed by atoms with E-state index in [1.165, 1.54) is 11.8 Å². The van der Waals surface area contributed by atoms with Gasteiger partial charge < -0.3 is 43.4 Å². The van der Waals surface area contributed by atoms with Gasteiger partial charge in [-0.1, -0.05) is 44.3 Å². The predicted octanol–water partition coefficient (Wildman–Crippen LogP) is -3.69. The van der Waals surface area contributed by atoms with E-state index in [0.717, 1.165) is 12.7 Å². The number of imide groups is 1. The summed E-state index contributed by atoms with van der Waals surface area (Å²) in [6.07, 6.45) is 2.81. The van der Waals surface area contributed by atoms with Gasteiger partial charge in [0.05, 0.1) is 25.1 Å². The number of carbonyl (C=O) groups is 10. The Kier molecular flexibility index (Phi) is 17.8. The molecule has 0 radical (unpaired) electrons. The zero-order valence-corrected chi connectivity index (χ0v) is 33.5. The lowest BCUT2D eigenvalue weighted by Crippen LogP contribution is -2.62. The highest BCUT2D eigenvalue weighted by molar-refractivity contribution is 8.00. The van der Waals surface area contributed by atoms with E-state index < -0.39 is 113 Å². The molecule has 7 amide bonds. The van der Waals surface area contributed by atoms with Crippen molar-refractivity contribution in [2.45, 2.75) is 81.2 Å². The van der Waals surface area contributed by atoms with Crippen molar-refractivity contribution in [2.24, 2.45) is 27.6 Å². The minimum absolute atomic E-state index is 0.0803. The quantitative estimate of drug-likeness (QED) is 0.0320. The standard InChI is InChI=1S/C33H45N9O12S3/c1-15(43)39-20(13-55)27(50)41-18(9-22(35)44)29(51)42(21(14-56)31(53)54)30(52)19(10-24(46)47)40-23(45)12-38-26(49)17(34)8-16-4-5-33(36,32(2,3)11-16)25(48)28-37-6-7-57-28/h4-5,11-12,14,17-21,28,37,55H,6-10,13,34,36H2,1-3H3,(H2,35,44)(H,39,43)(H,40,45)(H,41,50)(H,46,47)(H,53,54). The van der Waals surface area contributed by atoms with Gasteiger partial charge >= 0.3 is 11.9 Å². The first-order chi connectivity index (χ1) is 26.5.